The van der Waals surface area contributed by atoms with Crippen LogP contribution in [0.2, 0.25) is 0 Å². The van der Waals surface area contributed by atoms with Crippen LogP contribution in [-0.2, 0) is 0 Å². The molecule has 2 N–H and O–H groups in total. The van der Waals surface area contributed by atoms with Gasteiger partial charge in [0, 0.05) is 37.4 Å². The minimum Gasteiger partial charge on any atom is -0.368 e. The third-order valence-electron chi connectivity index (χ3n) is 4.39. The summed E-state index contributed by atoms with van der Waals surface area (Å²) >= 11 is 0. The molecule has 1 unspecified atom stereocenters. The van der Waals surface area contributed by atoms with E-state index in [0.717, 1.165) is 37.3 Å². The van der Waals surface area contributed by atoms with Gasteiger partial charge in [-0.15, -0.1) is 0 Å². The fraction of sp³-hybridized carbons (Fsp3) is 0.625. The third kappa shape index (κ3) is 2.96. The molecule has 2 atom stereocenters. The van der Waals surface area contributed by atoms with E-state index in [1.54, 1.807) is 6.07 Å². The van der Waals surface area contributed by atoms with Crippen LogP contribution in [0.25, 0.3) is 0 Å². The Labute approximate surface area is 121 Å². The molecule has 0 spiro atoms. The molecule has 3 nitrogen and oxygen atoms in total. The van der Waals surface area contributed by atoms with Crippen molar-refractivity contribution < 1.29 is 4.39 Å². The van der Waals surface area contributed by atoms with E-state index in [4.69, 9.17) is 5.73 Å². The van der Waals surface area contributed by atoms with Crippen molar-refractivity contribution in [1.29, 1.82) is 0 Å². The molecular weight excluding hydrogens is 253 g/mol. The van der Waals surface area contributed by atoms with Crippen molar-refractivity contribution in [2.24, 2.45) is 5.73 Å². The van der Waals surface area contributed by atoms with Gasteiger partial charge >= 0.3 is 0 Å². The lowest BCUT2D eigenvalue weighted by Gasteiger charge is -2.41. The summed E-state index contributed by atoms with van der Waals surface area (Å²) in [4.78, 5) is 4.76. The van der Waals surface area contributed by atoms with Crippen LogP contribution in [0.15, 0.2) is 12.1 Å². The van der Waals surface area contributed by atoms with Crippen molar-refractivity contribution in [1.82, 2.24) is 4.90 Å². The van der Waals surface area contributed by atoms with Crippen LogP contribution in [0.4, 0.5) is 10.1 Å². The fourth-order valence-corrected chi connectivity index (χ4v) is 2.93. The number of hydrogen-bond acceptors (Lipinski definition) is 3. The molecule has 0 saturated carbocycles. The number of nitrogens with zero attached hydrogens (tertiary/aromatic N) is 2. The Balaban J connectivity index is 2.34. The summed E-state index contributed by atoms with van der Waals surface area (Å²) in [6.07, 6.45) is 1.13. The zero-order chi connectivity index (χ0) is 14.9. The average Bonchev–Trinajstić information content (AvgIpc) is 2.41. The maximum absolute atomic E-state index is 13.8. The first-order chi connectivity index (χ1) is 9.43. The number of nitrogens with two attached hydrogens (primary N) is 1. The highest BCUT2D eigenvalue weighted by Crippen LogP contribution is 2.30. The Morgan fingerprint density at radius 2 is 2.10 bits per heavy atom. The van der Waals surface area contributed by atoms with Crippen LogP contribution in [-0.4, -0.2) is 37.6 Å². The zero-order valence-corrected chi connectivity index (χ0v) is 13.0. The van der Waals surface area contributed by atoms with E-state index in [1.807, 2.05) is 19.9 Å². The second-order valence-corrected chi connectivity index (χ2v) is 5.94. The van der Waals surface area contributed by atoms with Crippen molar-refractivity contribution in [3.05, 3.63) is 29.1 Å². The molecule has 0 amide bonds. The van der Waals surface area contributed by atoms with Crippen LogP contribution in [0, 0.1) is 12.7 Å². The Morgan fingerprint density at radius 1 is 1.40 bits per heavy atom. The van der Waals surface area contributed by atoms with E-state index >= 15 is 0 Å². The molecule has 1 heterocycles. The Hall–Kier alpha value is -1.13. The number of hydrogen-bond donors (Lipinski definition) is 1. The first kappa shape index (κ1) is 15.3. The minimum absolute atomic E-state index is 0.153. The molecule has 1 aromatic carbocycles. The SMILES string of the molecule is CCC1CN(c2cc(C)c(F)cc2[C@H](C)N)CCN1C. The number of benzene rings is 1. The third-order valence-corrected chi connectivity index (χ3v) is 4.39. The van der Waals surface area contributed by atoms with Crippen molar-refractivity contribution in [3.63, 3.8) is 0 Å². The molecule has 20 heavy (non-hydrogen) atoms. The van der Waals surface area contributed by atoms with E-state index in [1.165, 1.54) is 0 Å². The van der Waals surface area contributed by atoms with Gasteiger partial charge in [-0.1, -0.05) is 6.92 Å². The highest BCUT2D eigenvalue weighted by atomic mass is 19.1. The first-order valence-electron chi connectivity index (χ1n) is 7.44. The average molecular weight is 279 g/mol. The summed E-state index contributed by atoms with van der Waals surface area (Å²) in [7, 11) is 2.17. The standard InChI is InChI=1S/C16H26FN3/c1-5-13-10-20(7-6-19(13)4)16-8-11(2)15(17)9-14(16)12(3)18/h8-9,12-13H,5-7,10,18H2,1-4H3/t12-,13?/m0/s1. The highest BCUT2D eigenvalue weighted by molar-refractivity contribution is 5.57. The predicted molar refractivity (Wildman–Crippen MR) is 82.7 cm³/mol. The van der Waals surface area contributed by atoms with Gasteiger partial charge in [0.25, 0.3) is 0 Å². The monoisotopic (exact) mass is 279 g/mol. The van der Waals surface area contributed by atoms with Gasteiger partial charge in [0.15, 0.2) is 0 Å². The van der Waals surface area contributed by atoms with Crippen molar-refractivity contribution in [3.8, 4) is 0 Å². The van der Waals surface area contributed by atoms with Gasteiger partial charge in [-0.25, -0.2) is 4.39 Å². The Morgan fingerprint density at radius 3 is 2.70 bits per heavy atom. The van der Waals surface area contributed by atoms with Gasteiger partial charge in [0.2, 0.25) is 0 Å². The molecule has 1 aromatic rings. The molecule has 112 valence electrons. The quantitative estimate of drug-likeness (QED) is 0.923. The lowest BCUT2D eigenvalue weighted by atomic mass is 10.0. The summed E-state index contributed by atoms with van der Waals surface area (Å²) in [6, 6.07) is 3.95. The molecule has 1 saturated heterocycles. The van der Waals surface area contributed by atoms with Gasteiger partial charge in [0.05, 0.1) is 0 Å². The topological polar surface area (TPSA) is 32.5 Å². The first-order valence-corrected chi connectivity index (χ1v) is 7.44. The summed E-state index contributed by atoms with van der Waals surface area (Å²) in [5.74, 6) is -0.165. The number of halogens is 1. The van der Waals surface area contributed by atoms with Crippen molar-refractivity contribution in [2.75, 3.05) is 31.6 Å². The second kappa shape index (κ2) is 6.10. The van der Waals surface area contributed by atoms with Crippen LogP contribution < -0.4 is 10.6 Å². The molecule has 0 aliphatic carbocycles. The second-order valence-electron chi connectivity index (χ2n) is 5.94. The van der Waals surface area contributed by atoms with Gasteiger partial charge in [-0.05, 0) is 50.6 Å². The van der Waals surface area contributed by atoms with E-state index in [9.17, 15) is 4.39 Å². The Kier molecular flexibility index (Phi) is 4.66. The van der Waals surface area contributed by atoms with E-state index in [0.29, 0.717) is 11.6 Å². The van der Waals surface area contributed by atoms with E-state index in [-0.39, 0.29) is 11.9 Å². The molecule has 0 bridgehead atoms. The number of piperazine rings is 1. The summed E-state index contributed by atoms with van der Waals surface area (Å²) in [5.41, 5.74) is 8.73. The smallest absolute Gasteiger partial charge is 0.126 e. The molecule has 4 heteroatoms. The summed E-state index contributed by atoms with van der Waals surface area (Å²) < 4.78 is 13.8. The van der Waals surface area contributed by atoms with Crippen molar-refractivity contribution in [2.45, 2.75) is 39.3 Å². The molecular formula is C16H26FN3. The van der Waals surface area contributed by atoms with Gasteiger partial charge in [0.1, 0.15) is 5.82 Å². The van der Waals surface area contributed by atoms with Crippen LogP contribution in [0.1, 0.15) is 37.4 Å². The highest BCUT2D eigenvalue weighted by Gasteiger charge is 2.25. The molecule has 1 aliphatic rings. The van der Waals surface area contributed by atoms with Gasteiger partial charge in [-0.3, -0.25) is 4.90 Å². The predicted octanol–water partition coefficient (Wildman–Crippen LogP) is 2.68. The normalized spacial score (nSPS) is 22.1. The lowest BCUT2D eigenvalue weighted by Crippen LogP contribution is -2.51. The number of likely N-dealkylation sites (N-methyl/N-ethyl adjacent to an activating group) is 1. The molecule has 1 fully saturated rings. The number of rotatable bonds is 3. The Bertz CT molecular complexity index is 473. The van der Waals surface area contributed by atoms with Gasteiger partial charge < -0.3 is 10.6 Å². The summed E-state index contributed by atoms with van der Waals surface area (Å²) in [5, 5.41) is 0. The van der Waals surface area contributed by atoms with Crippen LogP contribution in [0.3, 0.4) is 0 Å². The molecule has 0 aromatic heterocycles. The van der Waals surface area contributed by atoms with E-state index in [2.05, 4.69) is 23.8 Å². The fourth-order valence-electron chi connectivity index (χ4n) is 2.93. The molecule has 1 aliphatic heterocycles. The largest absolute Gasteiger partial charge is 0.368 e. The molecule has 2 rings (SSSR count). The maximum Gasteiger partial charge on any atom is 0.126 e. The number of aryl methyl sites for hydroxylation is 1. The zero-order valence-electron chi connectivity index (χ0n) is 13.0. The van der Waals surface area contributed by atoms with Crippen LogP contribution >= 0.6 is 0 Å². The van der Waals surface area contributed by atoms with Crippen molar-refractivity contribution >= 4 is 5.69 Å². The summed E-state index contributed by atoms with van der Waals surface area (Å²) in [6.45, 7) is 8.94. The maximum atomic E-state index is 13.8. The molecule has 0 radical (unpaired) electrons. The minimum atomic E-state index is -0.165. The lowest BCUT2D eigenvalue weighted by molar-refractivity contribution is 0.213. The van der Waals surface area contributed by atoms with Gasteiger partial charge in [-0.2, -0.15) is 0 Å². The van der Waals surface area contributed by atoms with E-state index < -0.39 is 0 Å². The number of anilines is 1. The van der Waals surface area contributed by atoms with Crippen LogP contribution in [0.5, 0.6) is 0 Å².